The molecule has 1 fully saturated rings. The normalized spacial score (nSPS) is 18.7. The number of aromatic nitrogens is 1. The van der Waals surface area contributed by atoms with Crippen molar-refractivity contribution in [3.63, 3.8) is 0 Å². The van der Waals surface area contributed by atoms with Crippen LogP contribution in [0.4, 0.5) is 0 Å². The Morgan fingerprint density at radius 2 is 1.82 bits per heavy atom. The van der Waals surface area contributed by atoms with Crippen LogP contribution in [0, 0.1) is 0 Å². The average molecular weight is 452 g/mol. The highest BCUT2D eigenvalue weighted by molar-refractivity contribution is 5.79. The largest absolute Gasteiger partial charge is 0.507 e. The minimum atomic E-state index is 0.0188. The number of methoxy groups -OCH3 is 1. The summed E-state index contributed by atoms with van der Waals surface area (Å²) in [5.74, 6) is 1.12. The van der Waals surface area contributed by atoms with Crippen LogP contribution in [0.2, 0.25) is 0 Å². The molecule has 0 unspecified atom stereocenters. The highest BCUT2D eigenvalue weighted by atomic mass is 16.5. The number of nitrogens with two attached hydrogens (primary N) is 2. The maximum atomic E-state index is 10.7. The van der Waals surface area contributed by atoms with Crippen molar-refractivity contribution in [1.29, 1.82) is 0 Å². The lowest BCUT2D eigenvalue weighted by Gasteiger charge is -2.49. The van der Waals surface area contributed by atoms with Gasteiger partial charge in [0.05, 0.1) is 18.5 Å². The van der Waals surface area contributed by atoms with Gasteiger partial charge in [0.25, 0.3) is 0 Å². The number of hydrogen-bond donors (Lipinski definition) is 4. The van der Waals surface area contributed by atoms with Crippen molar-refractivity contribution in [2.24, 2.45) is 11.5 Å². The van der Waals surface area contributed by atoms with Crippen molar-refractivity contribution in [2.75, 3.05) is 14.2 Å². The summed E-state index contributed by atoms with van der Waals surface area (Å²) in [5, 5.41) is 14.4. The summed E-state index contributed by atoms with van der Waals surface area (Å²) < 4.78 is 5.53. The van der Waals surface area contributed by atoms with Gasteiger partial charge in [0.2, 0.25) is 0 Å². The molecule has 1 aliphatic rings. The van der Waals surface area contributed by atoms with Crippen molar-refractivity contribution in [3.05, 3.63) is 60.2 Å². The van der Waals surface area contributed by atoms with Gasteiger partial charge >= 0.3 is 0 Å². The summed E-state index contributed by atoms with van der Waals surface area (Å²) in [7, 11) is 3.57. The van der Waals surface area contributed by atoms with Crippen LogP contribution in [0.5, 0.6) is 11.5 Å². The fraction of sp³-hybridized carbons (Fsp3) is 0.423. The molecule has 1 aromatic heterocycles. The van der Waals surface area contributed by atoms with Crippen LogP contribution in [-0.4, -0.2) is 46.3 Å². The molecule has 6 N–H and O–H groups in total. The molecular formula is C26H37N5O2. The Labute approximate surface area is 197 Å². The number of benzene rings is 1. The average Bonchev–Trinajstić information content (AvgIpc) is 2.74. The molecule has 3 rings (SSSR count). The molecule has 0 atom stereocenters. The molecule has 0 radical (unpaired) electrons. The second-order valence-corrected chi connectivity index (χ2v) is 10.1. The quantitative estimate of drug-likeness (QED) is 0.495. The Balaban J connectivity index is 1.86. The van der Waals surface area contributed by atoms with Gasteiger partial charge in [-0.2, -0.15) is 0 Å². The number of piperidine rings is 1. The van der Waals surface area contributed by atoms with Crippen molar-refractivity contribution in [3.8, 4) is 22.6 Å². The zero-order valence-electron chi connectivity index (χ0n) is 20.5. The maximum Gasteiger partial charge on any atom is 0.132 e. The number of phenolic OH excluding ortho intramolecular Hbond substituents is 1. The smallest absolute Gasteiger partial charge is 0.132 e. The zero-order valence-corrected chi connectivity index (χ0v) is 20.5. The van der Waals surface area contributed by atoms with E-state index >= 15 is 0 Å². The van der Waals surface area contributed by atoms with Gasteiger partial charge in [0.15, 0.2) is 0 Å². The Bertz CT molecular complexity index is 1030. The summed E-state index contributed by atoms with van der Waals surface area (Å²) in [6.45, 7) is 8.88. The molecule has 0 aliphatic carbocycles. The van der Waals surface area contributed by atoms with Crippen LogP contribution in [0.3, 0.4) is 0 Å². The first-order valence-electron chi connectivity index (χ1n) is 11.2. The number of hydrogen-bond acceptors (Lipinski definition) is 7. The van der Waals surface area contributed by atoms with E-state index in [-0.39, 0.29) is 16.8 Å². The summed E-state index contributed by atoms with van der Waals surface area (Å²) in [4.78, 5) is 6.24. The minimum Gasteiger partial charge on any atom is -0.507 e. The molecular weight excluding hydrogens is 414 g/mol. The van der Waals surface area contributed by atoms with E-state index in [1.165, 1.54) is 0 Å². The lowest BCUT2D eigenvalue weighted by molar-refractivity contribution is 0.0981. The monoisotopic (exact) mass is 451 g/mol. The lowest BCUT2D eigenvalue weighted by Crippen LogP contribution is -2.61. The number of nitrogens with zero attached hydrogens (tertiary/aromatic N) is 2. The van der Waals surface area contributed by atoms with Gasteiger partial charge in [-0.15, -0.1) is 0 Å². The molecule has 0 amide bonds. The predicted molar refractivity (Wildman–Crippen MR) is 134 cm³/mol. The third-order valence-electron chi connectivity index (χ3n) is 6.14. The number of pyridine rings is 1. The van der Waals surface area contributed by atoms with E-state index in [9.17, 15) is 5.11 Å². The second kappa shape index (κ2) is 9.35. The van der Waals surface area contributed by atoms with E-state index in [1.807, 2.05) is 25.2 Å². The summed E-state index contributed by atoms with van der Waals surface area (Å²) in [6.07, 6.45) is 8.89. The lowest BCUT2D eigenvalue weighted by atomic mass is 9.79. The molecule has 1 saturated heterocycles. The highest BCUT2D eigenvalue weighted by Gasteiger charge is 2.39. The summed E-state index contributed by atoms with van der Waals surface area (Å²) in [5.41, 5.74) is 15.3. The Kier molecular flexibility index (Phi) is 6.93. The van der Waals surface area contributed by atoms with E-state index in [4.69, 9.17) is 16.2 Å². The second-order valence-electron chi connectivity index (χ2n) is 10.1. The molecule has 2 aromatic rings. The predicted octanol–water partition coefficient (Wildman–Crippen LogP) is 3.80. The van der Waals surface area contributed by atoms with Crippen molar-refractivity contribution in [1.82, 2.24) is 15.2 Å². The molecule has 0 saturated carbocycles. The van der Waals surface area contributed by atoms with Gasteiger partial charge in [-0.1, -0.05) is 6.07 Å². The highest BCUT2D eigenvalue weighted by Crippen LogP contribution is 2.37. The van der Waals surface area contributed by atoms with E-state index in [0.29, 0.717) is 28.9 Å². The number of phenols is 1. The third kappa shape index (κ3) is 5.79. The molecule has 0 bridgehead atoms. The summed E-state index contributed by atoms with van der Waals surface area (Å²) in [6, 6.07) is 7.56. The van der Waals surface area contributed by atoms with Gasteiger partial charge in [-0.05, 0) is 76.5 Å². The fourth-order valence-corrected chi connectivity index (χ4v) is 4.88. The number of ether oxygens (including phenoxy) is 1. The zero-order chi connectivity index (χ0) is 24.4. The van der Waals surface area contributed by atoms with Gasteiger partial charge in [0.1, 0.15) is 11.5 Å². The van der Waals surface area contributed by atoms with E-state index in [0.717, 1.165) is 24.0 Å². The molecule has 7 nitrogen and oxygen atoms in total. The first kappa shape index (κ1) is 24.5. The van der Waals surface area contributed by atoms with Crippen LogP contribution in [0.1, 0.15) is 46.1 Å². The van der Waals surface area contributed by atoms with E-state index < -0.39 is 0 Å². The fourth-order valence-electron chi connectivity index (χ4n) is 4.88. The first-order valence-corrected chi connectivity index (χ1v) is 11.2. The van der Waals surface area contributed by atoms with Crippen LogP contribution >= 0.6 is 0 Å². The molecule has 0 spiro atoms. The minimum absolute atomic E-state index is 0.0188. The molecule has 178 valence electrons. The van der Waals surface area contributed by atoms with Crippen LogP contribution in [-0.2, 0) is 0 Å². The standard InChI is InChI=1S/C26H37N5O2/c1-25(2)14-19(15-26(3,4)30-25)31(5)23(28)10-9-20(27)24-21(32)12-18(13-22(24)33-6)17-8-7-11-29-16-17/h7-13,16,19,30,32H,14-15,27-28H2,1-6H3/b20-9-,23-10+. The third-order valence-corrected chi connectivity index (χ3v) is 6.14. The van der Waals surface area contributed by atoms with Gasteiger partial charge < -0.3 is 31.5 Å². The SMILES string of the molecule is COc1cc(-c2cccnc2)cc(O)c1/C(N)=C/C=C(\N)N(C)C1CC(C)(C)NC(C)(C)C1. The van der Waals surface area contributed by atoms with Crippen LogP contribution < -0.4 is 21.5 Å². The summed E-state index contributed by atoms with van der Waals surface area (Å²) >= 11 is 0. The Morgan fingerprint density at radius 3 is 2.39 bits per heavy atom. The topological polar surface area (TPSA) is 110 Å². The van der Waals surface area contributed by atoms with E-state index in [1.54, 1.807) is 37.7 Å². The number of allylic oxidation sites excluding steroid dienone is 2. The van der Waals surface area contributed by atoms with Gasteiger partial charge in [-0.25, -0.2) is 0 Å². The van der Waals surface area contributed by atoms with Crippen molar-refractivity contribution < 1.29 is 9.84 Å². The Hall–Kier alpha value is -3.19. The molecule has 1 aliphatic heterocycles. The van der Waals surface area contributed by atoms with Crippen molar-refractivity contribution >= 4 is 5.70 Å². The first-order chi connectivity index (χ1) is 15.4. The molecule has 33 heavy (non-hydrogen) atoms. The number of rotatable bonds is 6. The van der Waals surface area contributed by atoms with Crippen LogP contribution in [0.25, 0.3) is 16.8 Å². The van der Waals surface area contributed by atoms with Gasteiger partial charge in [0, 0.05) is 47.8 Å². The van der Waals surface area contributed by atoms with Crippen LogP contribution in [0.15, 0.2) is 54.6 Å². The molecule has 7 heteroatoms. The Morgan fingerprint density at radius 1 is 1.15 bits per heavy atom. The maximum absolute atomic E-state index is 10.7. The molecule has 1 aromatic carbocycles. The van der Waals surface area contributed by atoms with Gasteiger partial charge in [-0.3, -0.25) is 4.98 Å². The molecule has 2 heterocycles. The number of aromatic hydroxyl groups is 1. The number of nitrogens with one attached hydrogen (secondary N) is 1. The van der Waals surface area contributed by atoms with E-state index in [2.05, 4.69) is 42.9 Å². The van der Waals surface area contributed by atoms with Crippen molar-refractivity contribution in [2.45, 2.75) is 57.7 Å².